The lowest BCUT2D eigenvalue weighted by Gasteiger charge is -2.21. The second-order valence-electron chi connectivity index (χ2n) is 3.44. The largest absolute Gasteiger partial charge is 0.378 e. The van der Waals surface area contributed by atoms with Gasteiger partial charge in [-0.3, -0.25) is 4.79 Å². The van der Waals surface area contributed by atoms with E-state index in [2.05, 4.69) is 11.2 Å². The minimum Gasteiger partial charge on any atom is -0.378 e. The van der Waals surface area contributed by atoms with Crippen molar-refractivity contribution in [1.29, 1.82) is 0 Å². The monoisotopic (exact) mass is 183 g/mol. The summed E-state index contributed by atoms with van der Waals surface area (Å²) in [4.78, 5) is 11.2. The predicted molar refractivity (Wildman–Crippen MR) is 52.2 cm³/mol. The van der Waals surface area contributed by atoms with Crippen molar-refractivity contribution in [3.63, 3.8) is 0 Å². The van der Waals surface area contributed by atoms with Crippen molar-refractivity contribution in [3.05, 3.63) is 0 Å². The van der Waals surface area contributed by atoms with Crippen LogP contribution in [0.4, 0.5) is 0 Å². The summed E-state index contributed by atoms with van der Waals surface area (Å²) in [5.74, 6) is 2.43. The van der Waals surface area contributed by atoms with E-state index in [1.807, 2.05) is 13.8 Å². The highest BCUT2D eigenvalue weighted by atomic mass is 16.5. The summed E-state index contributed by atoms with van der Waals surface area (Å²) in [5, 5.41) is 2.71. The number of methoxy groups -OCH3 is 1. The van der Waals surface area contributed by atoms with Gasteiger partial charge in [-0.25, -0.2) is 0 Å². The summed E-state index contributed by atoms with van der Waals surface area (Å²) >= 11 is 0. The Hall–Kier alpha value is -1.01. The highest BCUT2D eigenvalue weighted by Crippen LogP contribution is 2.11. The summed E-state index contributed by atoms with van der Waals surface area (Å²) in [6.45, 7) is 4.27. The van der Waals surface area contributed by atoms with E-state index in [-0.39, 0.29) is 5.91 Å². The summed E-state index contributed by atoms with van der Waals surface area (Å²) in [6, 6.07) is 0. The van der Waals surface area contributed by atoms with Gasteiger partial charge in [0.05, 0.1) is 12.0 Å². The summed E-state index contributed by atoms with van der Waals surface area (Å²) in [5.41, 5.74) is -0.403. The topological polar surface area (TPSA) is 38.3 Å². The third-order valence-electron chi connectivity index (χ3n) is 1.73. The minimum absolute atomic E-state index is 0.0258. The van der Waals surface area contributed by atoms with E-state index in [4.69, 9.17) is 11.2 Å². The lowest BCUT2D eigenvalue weighted by Crippen LogP contribution is -2.34. The second-order valence-corrected chi connectivity index (χ2v) is 3.44. The Bertz CT molecular complexity index is 203. The zero-order valence-electron chi connectivity index (χ0n) is 8.52. The standard InChI is InChI=1S/C10H17NO2/c1-5-6-7-11-9(12)8-10(2,3)13-4/h1H,6-8H2,2-4H3,(H,11,12). The Labute approximate surface area is 79.8 Å². The van der Waals surface area contributed by atoms with Gasteiger partial charge in [-0.1, -0.05) is 0 Å². The fraction of sp³-hybridized carbons (Fsp3) is 0.700. The van der Waals surface area contributed by atoms with Crippen molar-refractivity contribution < 1.29 is 9.53 Å². The molecule has 0 aliphatic heterocycles. The molecule has 1 N–H and O–H groups in total. The van der Waals surface area contributed by atoms with Gasteiger partial charge in [-0.15, -0.1) is 12.3 Å². The first-order chi connectivity index (χ1) is 6.02. The number of carbonyl (C=O) groups is 1. The van der Waals surface area contributed by atoms with Crippen molar-refractivity contribution in [2.75, 3.05) is 13.7 Å². The normalized spacial score (nSPS) is 10.6. The van der Waals surface area contributed by atoms with E-state index in [1.165, 1.54) is 0 Å². The highest BCUT2D eigenvalue weighted by Gasteiger charge is 2.20. The average molecular weight is 183 g/mol. The molecule has 0 fully saturated rings. The molecule has 0 saturated carbocycles. The maximum absolute atomic E-state index is 11.2. The van der Waals surface area contributed by atoms with Crippen LogP contribution in [-0.2, 0) is 9.53 Å². The Morgan fingerprint density at radius 3 is 2.69 bits per heavy atom. The van der Waals surface area contributed by atoms with Gasteiger partial charge in [0.2, 0.25) is 5.91 Å². The van der Waals surface area contributed by atoms with Crippen LogP contribution in [0.1, 0.15) is 26.7 Å². The number of amides is 1. The van der Waals surface area contributed by atoms with Crippen LogP contribution in [0.15, 0.2) is 0 Å². The van der Waals surface area contributed by atoms with E-state index in [9.17, 15) is 4.79 Å². The Morgan fingerprint density at radius 1 is 1.62 bits per heavy atom. The van der Waals surface area contributed by atoms with E-state index in [0.717, 1.165) is 0 Å². The van der Waals surface area contributed by atoms with E-state index >= 15 is 0 Å². The van der Waals surface area contributed by atoms with Gasteiger partial charge in [0.1, 0.15) is 0 Å². The number of ether oxygens (including phenoxy) is 1. The molecular formula is C10H17NO2. The van der Waals surface area contributed by atoms with Gasteiger partial charge in [-0.05, 0) is 13.8 Å². The first kappa shape index (κ1) is 12.0. The van der Waals surface area contributed by atoms with Gasteiger partial charge in [-0.2, -0.15) is 0 Å². The fourth-order valence-electron chi connectivity index (χ4n) is 0.795. The highest BCUT2D eigenvalue weighted by molar-refractivity contribution is 5.76. The van der Waals surface area contributed by atoms with E-state index in [1.54, 1.807) is 7.11 Å². The first-order valence-electron chi connectivity index (χ1n) is 4.27. The van der Waals surface area contributed by atoms with Crippen molar-refractivity contribution in [3.8, 4) is 12.3 Å². The molecule has 13 heavy (non-hydrogen) atoms. The molecule has 0 radical (unpaired) electrons. The minimum atomic E-state index is -0.403. The molecule has 3 nitrogen and oxygen atoms in total. The maximum atomic E-state index is 11.2. The number of carbonyl (C=O) groups excluding carboxylic acids is 1. The number of nitrogens with one attached hydrogen (secondary N) is 1. The molecule has 0 aromatic rings. The predicted octanol–water partition coefficient (Wildman–Crippen LogP) is 0.941. The molecular weight excluding hydrogens is 166 g/mol. The van der Waals surface area contributed by atoms with Gasteiger partial charge in [0, 0.05) is 20.1 Å². The molecule has 1 amide bonds. The van der Waals surface area contributed by atoms with Crippen LogP contribution in [0.2, 0.25) is 0 Å². The second kappa shape index (κ2) is 5.60. The fourth-order valence-corrected chi connectivity index (χ4v) is 0.795. The van der Waals surface area contributed by atoms with Crippen LogP contribution in [0.25, 0.3) is 0 Å². The molecule has 0 heterocycles. The molecule has 0 aliphatic rings. The number of hydrogen-bond acceptors (Lipinski definition) is 2. The van der Waals surface area contributed by atoms with Gasteiger partial charge >= 0.3 is 0 Å². The lowest BCUT2D eigenvalue weighted by molar-refractivity contribution is -0.126. The quantitative estimate of drug-likeness (QED) is 0.509. The first-order valence-corrected chi connectivity index (χ1v) is 4.27. The number of hydrogen-bond donors (Lipinski definition) is 1. The van der Waals surface area contributed by atoms with Crippen LogP contribution in [-0.4, -0.2) is 25.2 Å². The molecule has 74 valence electrons. The SMILES string of the molecule is C#CCCNC(=O)CC(C)(C)OC. The molecule has 0 spiro atoms. The van der Waals surface area contributed by atoms with Crippen LogP contribution in [0.5, 0.6) is 0 Å². The molecule has 0 unspecified atom stereocenters. The summed E-state index contributed by atoms with van der Waals surface area (Å²) < 4.78 is 5.11. The molecule has 0 rings (SSSR count). The smallest absolute Gasteiger partial charge is 0.222 e. The molecule has 0 aromatic heterocycles. The molecule has 3 heteroatoms. The number of rotatable bonds is 5. The maximum Gasteiger partial charge on any atom is 0.222 e. The zero-order chi connectivity index (χ0) is 10.3. The summed E-state index contributed by atoms with van der Waals surface area (Å²) in [6.07, 6.45) is 5.97. The Morgan fingerprint density at radius 2 is 2.23 bits per heavy atom. The van der Waals surface area contributed by atoms with Crippen LogP contribution < -0.4 is 5.32 Å². The molecule has 0 atom stereocenters. The summed E-state index contributed by atoms with van der Waals surface area (Å²) in [7, 11) is 1.59. The van der Waals surface area contributed by atoms with E-state index in [0.29, 0.717) is 19.4 Å². The molecule has 0 saturated heterocycles. The molecule has 0 aliphatic carbocycles. The van der Waals surface area contributed by atoms with Gasteiger partial charge in [0.25, 0.3) is 0 Å². The van der Waals surface area contributed by atoms with Gasteiger partial charge in [0.15, 0.2) is 0 Å². The van der Waals surface area contributed by atoms with Crippen LogP contribution in [0.3, 0.4) is 0 Å². The van der Waals surface area contributed by atoms with Crippen molar-refractivity contribution in [2.45, 2.75) is 32.3 Å². The average Bonchev–Trinajstić information content (AvgIpc) is 2.04. The molecule has 0 aromatic carbocycles. The third-order valence-corrected chi connectivity index (χ3v) is 1.73. The number of terminal acetylenes is 1. The van der Waals surface area contributed by atoms with Crippen molar-refractivity contribution >= 4 is 5.91 Å². The van der Waals surface area contributed by atoms with Crippen molar-refractivity contribution in [2.24, 2.45) is 0 Å². The third kappa shape index (κ3) is 6.18. The van der Waals surface area contributed by atoms with E-state index < -0.39 is 5.60 Å². The lowest BCUT2D eigenvalue weighted by atomic mass is 10.1. The van der Waals surface area contributed by atoms with Gasteiger partial charge < -0.3 is 10.1 Å². The van der Waals surface area contributed by atoms with Crippen LogP contribution in [0, 0.1) is 12.3 Å². The van der Waals surface area contributed by atoms with Crippen molar-refractivity contribution in [1.82, 2.24) is 5.32 Å². The van der Waals surface area contributed by atoms with Crippen LogP contribution >= 0.6 is 0 Å². The zero-order valence-corrected chi connectivity index (χ0v) is 8.52. The molecule has 0 bridgehead atoms. The Kier molecular flexibility index (Phi) is 5.17. The Balaban J connectivity index is 3.69.